The van der Waals surface area contributed by atoms with Gasteiger partial charge >= 0.3 is 12.0 Å². The van der Waals surface area contributed by atoms with E-state index in [0.29, 0.717) is 13.1 Å². The molecule has 0 saturated heterocycles. The SMILES string of the molecule is CC(CNC(=O)NCC1(C)CCCCC1)CC(=O)O. The van der Waals surface area contributed by atoms with Gasteiger partial charge in [-0.1, -0.05) is 33.1 Å². The first-order valence-electron chi connectivity index (χ1n) is 7.15. The standard InChI is InChI=1S/C14H26N2O3/c1-11(8-12(17)18)9-15-13(19)16-10-14(2)6-4-3-5-7-14/h11H,3-10H2,1-2H3,(H,17,18)(H2,15,16,19). The molecule has 1 aliphatic rings. The first kappa shape index (κ1) is 15.8. The predicted octanol–water partition coefficient (Wildman–Crippen LogP) is 2.37. The van der Waals surface area contributed by atoms with Crippen LogP contribution in [0, 0.1) is 11.3 Å². The number of aliphatic carboxylic acids is 1. The summed E-state index contributed by atoms with van der Waals surface area (Å²) in [5.41, 5.74) is 0.224. The lowest BCUT2D eigenvalue weighted by Crippen LogP contribution is -2.43. The van der Waals surface area contributed by atoms with Crippen LogP contribution in [0.1, 0.15) is 52.4 Å². The minimum atomic E-state index is -0.829. The van der Waals surface area contributed by atoms with E-state index in [4.69, 9.17) is 5.11 Å². The lowest BCUT2D eigenvalue weighted by atomic mass is 9.76. The molecular weight excluding hydrogens is 244 g/mol. The number of carboxylic acid groups (broad SMARTS) is 1. The van der Waals surface area contributed by atoms with E-state index in [-0.39, 0.29) is 23.8 Å². The fourth-order valence-electron chi connectivity index (χ4n) is 2.58. The van der Waals surface area contributed by atoms with Gasteiger partial charge in [-0.2, -0.15) is 0 Å². The molecule has 0 aromatic heterocycles. The summed E-state index contributed by atoms with van der Waals surface area (Å²) in [5, 5.41) is 14.3. The first-order valence-corrected chi connectivity index (χ1v) is 7.15. The van der Waals surface area contributed by atoms with Gasteiger partial charge in [-0.05, 0) is 24.2 Å². The maximum Gasteiger partial charge on any atom is 0.314 e. The van der Waals surface area contributed by atoms with Gasteiger partial charge in [0.25, 0.3) is 0 Å². The van der Waals surface area contributed by atoms with Gasteiger partial charge in [0.15, 0.2) is 0 Å². The van der Waals surface area contributed by atoms with Gasteiger partial charge in [-0.15, -0.1) is 0 Å². The topological polar surface area (TPSA) is 78.4 Å². The molecule has 1 aliphatic carbocycles. The fraction of sp³-hybridized carbons (Fsp3) is 0.857. The lowest BCUT2D eigenvalue weighted by Gasteiger charge is -2.33. The molecular formula is C14H26N2O3. The Bertz CT molecular complexity index is 312. The minimum Gasteiger partial charge on any atom is -0.481 e. The molecule has 3 N–H and O–H groups in total. The van der Waals surface area contributed by atoms with Crippen LogP contribution in [0.2, 0.25) is 0 Å². The van der Waals surface area contributed by atoms with E-state index >= 15 is 0 Å². The average molecular weight is 270 g/mol. The summed E-state index contributed by atoms with van der Waals surface area (Å²) in [5.74, 6) is -0.877. The summed E-state index contributed by atoms with van der Waals surface area (Å²) >= 11 is 0. The number of rotatable bonds is 6. The van der Waals surface area contributed by atoms with Crippen molar-refractivity contribution in [3.8, 4) is 0 Å². The van der Waals surface area contributed by atoms with Gasteiger partial charge in [0, 0.05) is 19.5 Å². The first-order chi connectivity index (χ1) is 8.91. The van der Waals surface area contributed by atoms with Crippen LogP contribution < -0.4 is 10.6 Å². The fourth-order valence-corrected chi connectivity index (χ4v) is 2.58. The Balaban J connectivity index is 2.18. The van der Waals surface area contributed by atoms with Crippen LogP contribution in [0.3, 0.4) is 0 Å². The summed E-state index contributed by atoms with van der Waals surface area (Å²) < 4.78 is 0. The Morgan fingerprint density at radius 1 is 1.21 bits per heavy atom. The van der Waals surface area contributed by atoms with Crippen LogP contribution in [0.25, 0.3) is 0 Å². The van der Waals surface area contributed by atoms with Crippen molar-refractivity contribution in [3.05, 3.63) is 0 Å². The third-order valence-electron chi connectivity index (χ3n) is 3.87. The van der Waals surface area contributed by atoms with Crippen LogP contribution in [0.15, 0.2) is 0 Å². The zero-order valence-electron chi connectivity index (χ0n) is 12.0. The number of carbonyl (C=O) groups excluding carboxylic acids is 1. The number of hydrogen-bond acceptors (Lipinski definition) is 2. The maximum atomic E-state index is 11.6. The number of urea groups is 1. The summed E-state index contributed by atoms with van der Waals surface area (Å²) in [7, 11) is 0. The van der Waals surface area contributed by atoms with Crippen LogP contribution in [0.4, 0.5) is 4.79 Å². The smallest absolute Gasteiger partial charge is 0.314 e. The zero-order chi connectivity index (χ0) is 14.3. The second kappa shape index (κ2) is 7.36. The quantitative estimate of drug-likeness (QED) is 0.693. The second-order valence-corrected chi connectivity index (χ2v) is 6.14. The normalized spacial score (nSPS) is 19.5. The summed E-state index contributed by atoms with van der Waals surface area (Å²) in [6.07, 6.45) is 6.21. The molecule has 1 atom stereocenters. The van der Waals surface area contributed by atoms with Gasteiger partial charge in [0.1, 0.15) is 0 Å². The van der Waals surface area contributed by atoms with Crippen LogP contribution >= 0.6 is 0 Å². The largest absolute Gasteiger partial charge is 0.481 e. The average Bonchev–Trinajstić information content (AvgIpc) is 2.34. The molecule has 0 radical (unpaired) electrons. The van der Waals surface area contributed by atoms with Gasteiger partial charge in [0.05, 0.1) is 0 Å². The van der Waals surface area contributed by atoms with Gasteiger partial charge in [-0.25, -0.2) is 4.79 Å². The van der Waals surface area contributed by atoms with Crippen molar-refractivity contribution in [2.75, 3.05) is 13.1 Å². The highest BCUT2D eigenvalue weighted by molar-refractivity contribution is 5.74. The maximum absolute atomic E-state index is 11.6. The van der Waals surface area contributed by atoms with Crippen molar-refractivity contribution in [1.82, 2.24) is 10.6 Å². The van der Waals surface area contributed by atoms with Crippen molar-refractivity contribution < 1.29 is 14.7 Å². The number of carbonyl (C=O) groups is 2. The molecule has 1 unspecified atom stereocenters. The van der Waals surface area contributed by atoms with Crippen molar-refractivity contribution in [2.24, 2.45) is 11.3 Å². The lowest BCUT2D eigenvalue weighted by molar-refractivity contribution is -0.137. The molecule has 1 fully saturated rings. The van der Waals surface area contributed by atoms with E-state index in [1.807, 2.05) is 6.92 Å². The molecule has 0 aromatic rings. The molecule has 0 bridgehead atoms. The van der Waals surface area contributed by atoms with Gasteiger partial charge < -0.3 is 15.7 Å². The van der Waals surface area contributed by atoms with Crippen molar-refractivity contribution in [1.29, 1.82) is 0 Å². The van der Waals surface area contributed by atoms with Gasteiger partial charge in [0.2, 0.25) is 0 Å². The molecule has 1 rings (SSSR count). The van der Waals surface area contributed by atoms with Gasteiger partial charge in [-0.3, -0.25) is 4.79 Å². The molecule has 0 aliphatic heterocycles. The Kier molecular flexibility index (Phi) is 6.12. The van der Waals surface area contributed by atoms with Crippen LogP contribution in [-0.2, 0) is 4.79 Å². The Hall–Kier alpha value is -1.26. The predicted molar refractivity (Wildman–Crippen MR) is 74.0 cm³/mol. The molecule has 1 saturated carbocycles. The molecule has 19 heavy (non-hydrogen) atoms. The van der Waals surface area contributed by atoms with E-state index < -0.39 is 5.97 Å². The Morgan fingerprint density at radius 3 is 2.42 bits per heavy atom. The molecule has 0 heterocycles. The summed E-state index contributed by atoms with van der Waals surface area (Å²) in [6, 6.07) is -0.191. The minimum absolute atomic E-state index is 0.0477. The highest BCUT2D eigenvalue weighted by Crippen LogP contribution is 2.34. The monoisotopic (exact) mass is 270 g/mol. The van der Waals surface area contributed by atoms with Crippen molar-refractivity contribution in [2.45, 2.75) is 52.4 Å². The number of nitrogens with one attached hydrogen (secondary N) is 2. The van der Waals surface area contributed by atoms with E-state index in [2.05, 4.69) is 17.6 Å². The number of hydrogen-bond donors (Lipinski definition) is 3. The van der Waals surface area contributed by atoms with E-state index in [0.717, 1.165) is 0 Å². The van der Waals surface area contributed by atoms with Crippen LogP contribution in [0.5, 0.6) is 0 Å². The van der Waals surface area contributed by atoms with E-state index in [1.54, 1.807) is 0 Å². The molecule has 0 spiro atoms. The molecule has 0 aromatic carbocycles. The number of amides is 2. The summed E-state index contributed by atoms with van der Waals surface area (Å²) in [6.45, 7) is 5.14. The van der Waals surface area contributed by atoms with Crippen LogP contribution in [-0.4, -0.2) is 30.2 Å². The van der Waals surface area contributed by atoms with Crippen molar-refractivity contribution >= 4 is 12.0 Å². The summed E-state index contributed by atoms with van der Waals surface area (Å²) in [4.78, 5) is 22.1. The molecule has 5 nitrogen and oxygen atoms in total. The third kappa shape index (κ3) is 6.45. The third-order valence-corrected chi connectivity index (χ3v) is 3.87. The second-order valence-electron chi connectivity index (χ2n) is 6.14. The van der Waals surface area contributed by atoms with E-state index in [1.165, 1.54) is 32.1 Å². The molecule has 2 amide bonds. The highest BCUT2D eigenvalue weighted by Gasteiger charge is 2.27. The Morgan fingerprint density at radius 2 is 1.84 bits per heavy atom. The number of carboxylic acids is 1. The van der Waals surface area contributed by atoms with Crippen molar-refractivity contribution in [3.63, 3.8) is 0 Å². The zero-order valence-corrected chi connectivity index (χ0v) is 12.0. The molecule has 5 heteroatoms. The Labute approximate surface area is 115 Å². The molecule has 110 valence electrons. The van der Waals surface area contributed by atoms with E-state index in [9.17, 15) is 9.59 Å². The highest BCUT2D eigenvalue weighted by atomic mass is 16.4.